The average molecular weight is 252 g/mol. The molecule has 0 aliphatic carbocycles. The fourth-order valence-corrected chi connectivity index (χ4v) is 1.74. The van der Waals surface area contributed by atoms with Crippen LogP contribution in [0.1, 0.15) is 5.69 Å². The summed E-state index contributed by atoms with van der Waals surface area (Å²) in [6, 6.07) is 3.67. The molecule has 0 atom stereocenters. The molecule has 0 saturated carbocycles. The molecule has 18 heavy (non-hydrogen) atoms. The minimum atomic E-state index is -0.663. The van der Waals surface area contributed by atoms with Crippen LogP contribution >= 0.6 is 0 Å². The summed E-state index contributed by atoms with van der Waals surface area (Å²) in [4.78, 5) is 23.0. The van der Waals surface area contributed by atoms with Crippen LogP contribution in [0.15, 0.2) is 18.2 Å². The highest BCUT2D eigenvalue weighted by molar-refractivity contribution is 5.88. The number of aromatic amines is 1. The van der Waals surface area contributed by atoms with Crippen molar-refractivity contribution in [3.05, 3.63) is 39.8 Å². The predicted octanol–water partition coefficient (Wildman–Crippen LogP) is 1.93. The van der Waals surface area contributed by atoms with Gasteiger partial charge >= 0.3 is 0 Å². The Morgan fingerprint density at radius 1 is 1.44 bits per heavy atom. The monoisotopic (exact) mass is 252 g/mol. The molecular weight excluding hydrogens is 243 g/mol. The Labute approximate surface area is 101 Å². The topological polar surface area (TPSA) is 85.2 Å². The highest BCUT2D eigenvalue weighted by atomic mass is 19.1. The SMILES string of the molecule is O=COCCc1cc2cc(F)cc([N+](=O)[O-])c2[nH]1. The van der Waals surface area contributed by atoms with E-state index in [4.69, 9.17) is 0 Å². The van der Waals surface area contributed by atoms with Gasteiger partial charge in [-0.15, -0.1) is 0 Å². The number of ether oxygens (including phenoxy) is 1. The molecule has 1 heterocycles. The normalized spacial score (nSPS) is 10.5. The third kappa shape index (κ3) is 2.29. The Kier molecular flexibility index (Phi) is 3.22. The van der Waals surface area contributed by atoms with Crippen LogP contribution in [-0.2, 0) is 16.0 Å². The van der Waals surface area contributed by atoms with E-state index in [1.165, 1.54) is 6.07 Å². The largest absolute Gasteiger partial charge is 0.467 e. The lowest BCUT2D eigenvalue weighted by Gasteiger charge is -1.95. The molecule has 0 saturated heterocycles. The van der Waals surface area contributed by atoms with Crippen molar-refractivity contribution in [1.82, 2.24) is 4.98 Å². The van der Waals surface area contributed by atoms with Gasteiger partial charge < -0.3 is 9.72 Å². The predicted molar refractivity (Wildman–Crippen MR) is 60.6 cm³/mol. The third-order valence-corrected chi connectivity index (χ3v) is 2.48. The van der Waals surface area contributed by atoms with Crippen molar-refractivity contribution in [3.8, 4) is 0 Å². The van der Waals surface area contributed by atoms with Crippen molar-refractivity contribution in [1.29, 1.82) is 0 Å². The van der Waals surface area contributed by atoms with E-state index in [1.54, 1.807) is 6.07 Å². The Balaban J connectivity index is 2.40. The van der Waals surface area contributed by atoms with E-state index in [-0.39, 0.29) is 17.8 Å². The van der Waals surface area contributed by atoms with Crippen molar-refractivity contribution in [2.45, 2.75) is 6.42 Å². The number of aromatic nitrogens is 1. The van der Waals surface area contributed by atoms with Gasteiger partial charge in [-0.3, -0.25) is 14.9 Å². The summed E-state index contributed by atoms with van der Waals surface area (Å²) in [5.74, 6) is -0.663. The highest BCUT2D eigenvalue weighted by Crippen LogP contribution is 2.27. The van der Waals surface area contributed by atoms with Gasteiger partial charge in [0.25, 0.3) is 12.2 Å². The number of hydrogen-bond acceptors (Lipinski definition) is 4. The van der Waals surface area contributed by atoms with Gasteiger partial charge in [-0.1, -0.05) is 0 Å². The van der Waals surface area contributed by atoms with E-state index in [0.29, 0.717) is 24.0 Å². The Morgan fingerprint density at radius 3 is 2.89 bits per heavy atom. The molecule has 0 amide bonds. The van der Waals surface area contributed by atoms with E-state index in [2.05, 4.69) is 9.72 Å². The zero-order valence-corrected chi connectivity index (χ0v) is 9.18. The quantitative estimate of drug-likeness (QED) is 0.381. The molecule has 6 nitrogen and oxygen atoms in total. The fourth-order valence-electron chi connectivity index (χ4n) is 1.74. The van der Waals surface area contributed by atoms with Crippen LogP contribution in [0.5, 0.6) is 0 Å². The molecule has 7 heteroatoms. The number of nitro benzene ring substituents is 1. The molecule has 1 N–H and O–H groups in total. The van der Waals surface area contributed by atoms with Gasteiger partial charge in [-0.2, -0.15) is 0 Å². The average Bonchev–Trinajstić information content (AvgIpc) is 2.70. The lowest BCUT2D eigenvalue weighted by atomic mass is 10.2. The molecule has 2 rings (SSSR count). The first-order valence-electron chi connectivity index (χ1n) is 5.12. The van der Waals surface area contributed by atoms with Gasteiger partial charge in [0, 0.05) is 17.5 Å². The van der Waals surface area contributed by atoms with Gasteiger partial charge in [-0.25, -0.2) is 4.39 Å². The van der Waals surface area contributed by atoms with Crippen LogP contribution in [0.2, 0.25) is 0 Å². The zero-order valence-electron chi connectivity index (χ0n) is 9.18. The molecule has 0 aliphatic rings. The first-order valence-corrected chi connectivity index (χ1v) is 5.12. The van der Waals surface area contributed by atoms with Gasteiger partial charge in [0.15, 0.2) is 0 Å². The van der Waals surface area contributed by atoms with Crippen LogP contribution in [0.3, 0.4) is 0 Å². The number of nitrogens with zero attached hydrogens (tertiary/aromatic N) is 1. The van der Waals surface area contributed by atoms with Gasteiger partial charge in [0.2, 0.25) is 0 Å². The van der Waals surface area contributed by atoms with Gasteiger partial charge in [-0.05, 0) is 12.1 Å². The number of fused-ring (bicyclic) bond motifs is 1. The van der Waals surface area contributed by atoms with Crippen molar-refractivity contribution >= 4 is 23.1 Å². The first-order chi connectivity index (χ1) is 8.61. The van der Waals surface area contributed by atoms with E-state index < -0.39 is 10.7 Å². The summed E-state index contributed by atoms with van der Waals surface area (Å²) in [5.41, 5.74) is 0.593. The van der Waals surface area contributed by atoms with Gasteiger partial charge in [0.1, 0.15) is 11.3 Å². The Hall–Kier alpha value is -2.44. The van der Waals surface area contributed by atoms with E-state index in [9.17, 15) is 19.3 Å². The summed E-state index contributed by atoms with van der Waals surface area (Å²) in [6.07, 6.45) is 0.381. The van der Waals surface area contributed by atoms with E-state index >= 15 is 0 Å². The maximum Gasteiger partial charge on any atom is 0.296 e. The van der Waals surface area contributed by atoms with Crippen molar-refractivity contribution in [3.63, 3.8) is 0 Å². The minimum Gasteiger partial charge on any atom is -0.467 e. The van der Waals surface area contributed by atoms with E-state index in [0.717, 1.165) is 6.07 Å². The Morgan fingerprint density at radius 2 is 2.22 bits per heavy atom. The number of halogens is 1. The molecule has 0 unspecified atom stereocenters. The summed E-state index contributed by atoms with van der Waals surface area (Å²) in [7, 11) is 0. The number of hydrogen-bond donors (Lipinski definition) is 1. The zero-order chi connectivity index (χ0) is 13.1. The number of benzene rings is 1. The van der Waals surface area contributed by atoms with Crippen LogP contribution in [0.4, 0.5) is 10.1 Å². The molecule has 0 radical (unpaired) electrons. The molecule has 0 fully saturated rings. The molecular formula is C11H9FN2O4. The van der Waals surface area contributed by atoms with Crippen molar-refractivity contribution in [2.75, 3.05) is 6.61 Å². The summed E-state index contributed by atoms with van der Waals surface area (Å²) in [5, 5.41) is 11.2. The second-order valence-corrected chi connectivity index (χ2v) is 3.66. The second-order valence-electron chi connectivity index (χ2n) is 3.66. The molecule has 2 aromatic rings. The van der Waals surface area contributed by atoms with Gasteiger partial charge in [0.05, 0.1) is 17.6 Å². The minimum absolute atomic E-state index is 0.159. The molecule has 0 bridgehead atoms. The summed E-state index contributed by atoms with van der Waals surface area (Å²) < 4.78 is 17.7. The molecule has 94 valence electrons. The molecule has 1 aromatic heterocycles. The maximum atomic E-state index is 13.2. The molecule has 0 aliphatic heterocycles. The number of carbonyl (C=O) groups excluding carboxylic acids is 1. The smallest absolute Gasteiger partial charge is 0.296 e. The lowest BCUT2D eigenvalue weighted by molar-refractivity contribution is -0.383. The summed E-state index contributed by atoms with van der Waals surface area (Å²) in [6.45, 7) is 0.484. The number of nitro groups is 1. The number of carbonyl (C=O) groups is 1. The van der Waals surface area contributed by atoms with E-state index in [1.807, 2.05) is 0 Å². The third-order valence-electron chi connectivity index (χ3n) is 2.48. The Bertz CT molecular complexity index is 608. The number of nitrogens with one attached hydrogen (secondary N) is 1. The van der Waals surface area contributed by atoms with Crippen molar-refractivity contribution in [2.24, 2.45) is 0 Å². The van der Waals surface area contributed by atoms with Crippen LogP contribution < -0.4 is 0 Å². The van der Waals surface area contributed by atoms with Crippen molar-refractivity contribution < 1.29 is 18.8 Å². The van der Waals surface area contributed by atoms with Crippen LogP contribution in [0, 0.1) is 15.9 Å². The van der Waals surface area contributed by atoms with Crippen LogP contribution in [-0.4, -0.2) is 23.0 Å². The number of non-ortho nitro benzene ring substituents is 1. The maximum absolute atomic E-state index is 13.2. The molecule has 1 aromatic carbocycles. The van der Waals surface area contributed by atoms with Crippen LogP contribution in [0.25, 0.3) is 10.9 Å². The number of H-pyrrole nitrogens is 1. The lowest BCUT2D eigenvalue weighted by Crippen LogP contribution is -1.96. The number of rotatable bonds is 5. The summed E-state index contributed by atoms with van der Waals surface area (Å²) >= 11 is 0. The second kappa shape index (κ2) is 4.82. The standard InChI is InChI=1S/C11H9FN2O4/c12-8-3-7-4-9(1-2-18-6-15)13-11(7)10(5-8)14(16)17/h3-6,13H,1-2H2. The highest BCUT2D eigenvalue weighted by Gasteiger charge is 2.16. The fraction of sp³-hybridized carbons (Fsp3) is 0.182. The first kappa shape index (κ1) is 12.0. The molecule has 0 spiro atoms.